The van der Waals surface area contributed by atoms with Gasteiger partial charge in [0.2, 0.25) is 0 Å². The lowest BCUT2D eigenvalue weighted by Crippen LogP contribution is -2.23. The monoisotopic (exact) mass is 221 g/mol. The number of hydrogen-bond donors (Lipinski definition) is 2. The molecule has 2 aliphatic heterocycles. The summed E-state index contributed by atoms with van der Waals surface area (Å²) in [6, 6.07) is 0.592. The van der Waals surface area contributed by atoms with Crippen molar-refractivity contribution < 1.29 is 5.11 Å². The van der Waals surface area contributed by atoms with Crippen LogP contribution >= 0.6 is 0 Å². The van der Waals surface area contributed by atoms with E-state index in [1.165, 1.54) is 12.8 Å². The summed E-state index contributed by atoms with van der Waals surface area (Å²) in [5.74, 6) is 1.06. The van der Waals surface area contributed by atoms with Crippen LogP contribution < -0.4 is 5.32 Å². The Balaban J connectivity index is 1.75. The SMILES string of the molecule is OC1CCCc2nc(CC3CCCN3)cn21. The molecule has 0 bridgehead atoms. The Bertz CT molecular complexity index is 368. The molecule has 0 aliphatic carbocycles. The molecule has 2 N–H and O–H groups in total. The molecule has 16 heavy (non-hydrogen) atoms. The van der Waals surface area contributed by atoms with Gasteiger partial charge in [0.05, 0.1) is 5.69 Å². The quantitative estimate of drug-likeness (QED) is 0.783. The summed E-state index contributed by atoms with van der Waals surface area (Å²) < 4.78 is 1.95. The first kappa shape index (κ1) is 10.3. The minimum Gasteiger partial charge on any atom is -0.373 e. The molecule has 1 saturated heterocycles. The fourth-order valence-electron chi connectivity index (χ4n) is 2.79. The fraction of sp³-hybridized carbons (Fsp3) is 0.750. The smallest absolute Gasteiger partial charge is 0.131 e. The number of aromatic nitrogens is 2. The van der Waals surface area contributed by atoms with Gasteiger partial charge in [-0.3, -0.25) is 0 Å². The van der Waals surface area contributed by atoms with Crippen molar-refractivity contribution in [3.8, 4) is 0 Å². The van der Waals surface area contributed by atoms with E-state index in [1.807, 2.05) is 10.8 Å². The lowest BCUT2D eigenvalue weighted by Gasteiger charge is -2.19. The second-order valence-corrected chi connectivity index (χ2v) is 4.93. The van der Waals surface area contributed by atoms with Crippen LogP contribution in [-0.2, 0) is 12.8 Å². The minimum absolute atomic E-state index is 0.346. The lowest BCUT2D eigenvalue weighted by molar-refractivity contribution is 0.0780. The molecule has 0 saturated carbocycles. The maximum Gasteiger partial charge on any atom is 0.131 e. The van der Waals surface area contributed by atoms with Gasteiger partial charge in [0.25, 0.3) is 0 Å². The van der Waals surface area contributed by atoms with E-state index in [9.17, 15) is 5.11 Å². The molecule has 0 amide bonds. The van der Waals surface area contributed by atoms with E-state index in [1.54, 1.807) is 0 Å². The standard InChI is InChI=1S/C12H19N3O/c16-12-5-1-4-11-14-10(8-15(11)12)7-9-3-2-6-13-9/h8-9,12-13,16H,1-7H2. The Labute approximate surface area is 95.7 Å². The fourth-order valence-corrected chi connectivity index (χ4v) is 2.79. The van der Waals surface area contributed by atoms with E-state index < -0.39 is 0 Å². The number of nitrogens with zero attached hydrogens (tertiary/aromatic N) is 2. The molecular weight excluding hydrogens is 202 g/mol. The van der Waals surface area contributed by atoms with Crippen molar-refractivity contribution in [2.45, 2.75) is 50.8 Å². The van der Waals surface area contributed by atoms with E-state index in [0.717, 1.165) is 43.7 Å². The topological polar surface area (TPSA) is 50.1 Å². The van der Waals surface area contributed by atoms with E-state index in [-0.39, 0.29) is 6.23 Å². The third-order valence-electron chi connectivity index (χ3n) is 3.66. The van der Waals surface area contributed by atoms with Crippen molar-refractivity contribution >= 4 is 0 Å². The number of nitrogens with one attached hydrogen (secondary N) is 1. The summed E-state index contributed by atoms with van der Waals surface area (Å²) in [5.41, 5.74) is 1.13. The van der Waals surface area contributed by atoms with Crippen molar-refractivity contribution in [1.82, 2.24) is 14.9 Å². The van der Waals surface area contributed by atoms with E-state index >= 15 is 0 Å². The second-order valence-electron chi connectivity index (χ2n) is 4.93. The van der Waals surface area contributed by atoms with Crippen molar-refractivity contribution in [3.63, 3.8) is 0 Å². The molecule has 4 nitrogen and oxygen atoms in total. The Morgan fingerprint density at radius 2 is 2.38 bits per heavy atom. The first-order valence-corrected chi connectivity index (χ1v) is 6.31. The van der Waals surface area contributed by atoms with Crippen molar-refractivity contribution in [3.05, 3.63) is 17.7 Å². The normalized spacial score (nSPS) is 29.3. The Kier molecular flexibility index (Phi) is 2.69. The molecule has 0 spiro atoms. The number of aliphatic hydroxyl groups excluding tert-OH is 1. The number of rotatable bonds is 2. The molecule has 1 aromatic rings. The largest absolute Gasteiger partial charge is 0.373 e. The highest BCUT2D eigenvalue weighted by molar-refractivity contribution is 5.09. The summed E-state index contributed by atoms with van der Waals surface area (Å²) >= 11 is 0. The number of fused-ring (bicyclic) bond motifs is 1. The zero-order valence-electron chi connectivity index (χ0n) is 9.52. The zero-order chi connectivity index (χ0) is 11.0. The van der Waals surface area contributed by atoms with E-state index in [2.05, 4.69) is 10.3 Å². The van der Waals surface area contributed by atoms with Crippen LogP contribution in [0.2, 0.25) is 0 Å². The van der Waals surface area contributed by atoms with Crippen LogP contribution in [0.15, 0.2) is 6.20 Å². The van der Waals surface area contributed by atoms with Gasteiger partial charge in [-0.15, -0.1) is 0 Å². The first-order chi connectivity index (χ1) is 7.83. The molecule has 2 unspecified atom stereocenters. The van der Waals surface area contributed by atoms with Crippen molar-refractivity contribution in [1.29, 1.82) is 0 Å². The first-order valence-electron chi connectivity index (χ1n) is 6.31. The summed E-state index contributed by atoms with van der Waals surface area (Å²) in [7, 11) is 0. The predicted octanol–water partition coefficient (Wildman–Crippen LogP) is 1.00. The summed E-state index contributed by atoms with van der Waals surface area (Å²) in [5, 5.41) is 13.3. The molecule has 1 aromatic heterocycles. The van der Waals surface area contributed by atoms with Crippen LogP contribution in [0.4, 0.5) is 0 Å². The Hall–Kier alpha value is -0.870. The summed E-state index contributed by atoms with van der Waals surface area (Å²) in [4.78, 5) is 4.63. The van der Waals surface area contributed by atoms with Crippen LogP contribution in [0.1, 0.15) is 43.4 Å². The van der Waals surface area contributed by atoms with Gasteiger partial charge in [0.15, 0.2) is 0 Å². The van der Waals surface area contributed by atoms with Gasteiger partial charge < -0.3 is 15.0 Å². The van der Waals surface area contributed by atoms with Gasteiger partial charge in [-0.05, 0) is 32.2 Å². The Morgan fingerprint density at radius 1 is 1.44 bits per heavy atom. The third kappa shape index (κ3) is 1.87. The minimum atomic E-state index is -0.346. The predicted molar refractivity (Wildman–Crippen MR) is 61.1 cm³/mol. The molecule has 1 fully saturated rings. The van der Waals surface area contributed by atoms with Gasteiger partial charge in [0.1, 0.15) is 12.1 Å². The van der Waals surface area contributed by atoms with Crippen LogP contribution in [0.5, 0.6) is 0 Å². The van der Waals surface area contributed by atoms with E-state index in [4.69, 9.17) is 0 Å². The van der Waals surface area contributed by atoms with Crippen LogP contribution in [-0.4, -0.2) is 27.2 Å². The van der Waals surface area contributed by atoms with E-state index in [0.29, 0.717) is 6.04 Å². The summed E-state index contributed by atoms with van der Waals surface area (Å²) in [6.45, 7) is 1.14. The second kappa shape index (κ2) is 4.18. The molecule has 4 heteroatoms. The maximum absolute atomic E-state index is 9.84. The molecule has 0 radical (unpaired) electrons. The van der Waals surface area contributed by atoms with Gasteiger partial charge in [-0.2, -0.15) is 0 Å². The van der Waals surface area contributed by atoms with Gasteiger partial charge >= 0.3 is 0 Å². The maximum atomic E-state index is 9.84. The van der Waals surface area contributed by atoms with Gasteiger partial charge in [-0.1, -0.05) is 0 Å². The lowest BCUT2D eigenvalue weighted by atomic mass is 10.1. The average molecular weight is 221 g/mol. The van der Waals surface area contributed by atoms with Crippen molar-refractivity contribution in [2.75, 3.05) is 6.54 Å². The molecule has 3 heterocycles. The number of imidazole rings is 1. The molecule has 0 aromatic carbocycles. The van der Waals surface area contributed by atoms with Crippen LogP contribution in [0.3, 0.4) is 0 Å². The highest BCUT2D eigenvalue weighted by Gasteiger charge is 2.21. The molecule has 3 rings (SSSR count). The zero-order valence-corrected chi connectivity index (χ0v) is 9.52. The summed E-state index contributed by atoms with van der Waals surface area (Å²) in [6.07, 6.45) is 8.16. The highest BCUT2D eigenvalue weighted by Crippen LogP contribution is 2.23. The molecule has 88 valence electrons. The third-order valence-corrected chi connectivity index (χ3v) is 3.66. The highest BCUT2D eigenvalue weighted by atomic mass is 16.3. The molecular formula is C12H19N3O. The van der Waals surface area contributed by atoms with Crippen molar-refractivity contribution in [2.24, 2.45) is 0 Å². The van der Waals surface area contributed by atoms with Crippen LogP contribution in [0.25, 0.3) is 0 Å². The van der Waals surface area contributed by atoms with Gasteiger partial charge in [0, 0.05) is 25.1 Å². The number of hydrogen-bond acceptors (Lipinski definition) is 3. The Morgan fingerprint density at radius 3 is 3.12 bits per heavy atom. The number of aryl methyl sites for hydroxylation is 1. The molecule has 2 aliphatic rings. The average Bonchev–Trinajstić information content (AvgIpc) is 2.88. The van der Waals surface area contributed by atoms with Gasteiger partial charge in [-0.25, -0.2) is 4.98 Å². The number of aliphatic hydroxyl groups is 1. The van der Waals surface area contributed by atoms with Crippen LogP contribution in [0, 0.1) is 0 Å². The molecule has 2 atom stereocenters.